The van der Waals surface area contributed by atoms with Gasteiger partial charge in [0.25, 0.3) is 0 Å². The number of rotatable bonds is 4. The highest BCUT2D eigenvalue weighted by Gasteiger charge is 2.88. The molecule has 8 heteroatoms. The van der Waals surface area contributed by atoms with Crippen LogP contribution >= 0.6 is 0 Å². The summed E-state index contributed by atoms with van der Waals surface area (Å²) in [5.74, 6) is -2.50. The first-order valence-electron chi connectivity index (χ1n) is 11.8. The number of cyclic esters (lactones) is 1. The molecular formula is C26H32O8. The first-order valence-corrected chi connectivity index (χ1v) is 11.8. The standard InChI is InChI=1S/C26H32O8/c1-22(2,31)16-12-17(27)25(5)15(23(16,3)9-7-18(28)29)6-10-24(4)19(14-8-11-32-13-14)33-21(30)20-26(24,25)34-20/h7-9,11,13,15-16,19-20,31H,6,10,12H2,1-5H3,(H,28,29)/t15-,16+,19-,20-,23+,24-,25+,26-/m1/s1. The number of Topliss-reactive ketones (excluding diaryl/α,β-unsaturated/α-hetero) is 1. The Bertz CT molecular complexity index is 1080. The first kappa shape index (κ1) is 23.3. The quantitative estimate of drug-likeness (QED) is 0.388. The highest BCUT2D eigenvalue weighted by molar-refractivity contribution is 5.93. The Hall–Kier alpha value is -2.45. The molecule has 2 saturated heterocycles. The van der Waals surface area contributed by atoms with Gasteiger partial charge in [-0.3, -0.25) is 4.79 Å². The molecule has 3 heterocycles. The van der Waals surface area contributed by atoms with E-state index in [9.17, 15) is 24.6 Å². The van der Waals surface area contributed by atoms with E-state index in [1.807, 2.05) is 20.8 Å². The van der Waals surface area contributed by atoms with Gasteiger partial charge in [0.05, 0.1) is 23.5 Å². The Morgan fingerprint density at radius 2 is 1.91 bits per heavy atom. The van der Waals surface area contributed by atoms with Gasteiger partial charge in [-0.15, -0.1) is 0 Å². The second-order valence-electron chi connectivity index (χ2n) is 11.7. The van der Waals surface area contributed by atoms with Crippen LogP contribution in [-0.4, -0.2) is 45.2 Å². The number of hydrogen-bond donors (Lipinski definition) is 2. The molecule has 0 aromatic carbocycles. The maximum atomic E-state index is 14.1. The highest BCUT2D eigenvalue weighted by Crippen LogP contribution is 2.78. The molecule has 184 valence electrons. The number of hydrogen-bond acceptors (Lipinski definition) is 7. The smallest absolute Gasteiger partial charge is 0.339 e. The van der Waals surface area contributed by atoms with E-state index in [1.54, 1.807) is 32.3 Å². The number of ketones is 1. The average molecular weight is 473 g/mol. The molecule has 2 aliphatic carbocycles. The van der Waals surface area contributed by atoms with Gasteiger partial charge in [-0.05, 0) is 51.0 Å². The Kier molecular flexibility index (Phi) is 4.67. The van der Waals surface area contributed by atoms with Crippen molar-refractivity contribution in [2.45, 2.75) is 77.3 Å². The van der Waals surface area contributed by atoms with E-state index in [2.05, 4.69) is 0 Å². The molecule has 2 saturated carbocycles. The maximum absolute atomic E-state index is 14.1. The minimum atomic E-state index is -1.22. The number of allylic oxidation sites excluding steroid dienone is 1. The summed E-state index contributed by atoms with van der Waals surface area (Å²) in [4.78, 5) is 38.6. The van der Waals surface area contributed by atoms with E-state index in [1.165, 1.54) is 6.26 Å². The molecule has 4 aliphatic rings. The fourth-order valence-corrected chi connectivity index (χ4v) is 8.15. The fraction of sp³-hybridized carbons (Fsp3) is 0.654. The van der Waals surface area contributed by atoms with E-state index >= 15 is 0 Å². The van der Waals surface area contributed by atoms with Crippen molar-refractivity contribution < 1.29 is 38.5 Å². The lowest BCUT2D eigenvalue weighted by Gasteiger charge is -2.65. The Labute approximate surface area is 198 Å². The predicted molar refractivity (Wildman–Crippen MR) is 118 cm³/mol. The molecule has 0 bridgehead atoms. The molecule has 0 unspecified atom stereocenters. The summed E-state index contributed by atoms with van der Waals surface area (Å²) in [5.41, 5.74) is -4.17. The molecule has 5 rings (SSSR count). The van der Waals surface area contributed by atoms with Gasteiger partial charge in [0.2, 0.25) is 0 Å². The highest BCUT2D eigenvalue weighted by atomic mass is 16.7. The fourth-order valence-electron chi connectivity index (χ4n) is 8.15. The van der Waals surface area contributed by atoms with Gasteiger partial charge in [0.1, 0.15) is 17.5 Å². The van der Waals surface area contributed by atoms with E-state index < -0.39 is 57.5 Å². The molecule has 34 heavy (non-hydrogen) atoms. The number of aliphatic carboxylic acids is 1. The molecule has 1 aromatic heterocycles. The van der Waals surface area contributed by atoms with Crippen molar-refractivity contribution in [2.24, 2.45) is 28.1 Å². The molecule has 0 radical (unpaired) electrons. The number of ether oxygens (including phenoxy) is 2. The van der Waals surface area contributed by atoms with Crippen LogP contribution in [0, 0.1) is 28.1 Å². The number of carbonyl (C=O) groups excluding carboxylic acids is 2. The largest absolute Gasteiger partial charge is 0.478 e. The van der Waals surface area contributed by atoms with E-state index in [0.29, 0.717) is 12.8 Å². The van der Waals surface area contributed by atoms with Crippen LogP contribution in [0.2, 0.25) is 0 Å². The van der Waals surface area contributed by atoms with Gasteiger partial charge in [-0.2, -0.15) is 0 Å². The van der Waals surface area contributed by atoms with Crippen LogP contribution in [0.1, 0.15) is 65.5 Å². The zero-order valence-electron chi connectivity index (χ0n) is 20.2. The third-order valence-corrected chi connectivity index (χ3v) is 9.67. The van der Waals surface area contributed by atoms with E-state index in [0.717, 1.165) is 11.6 Å². The van der Waals surface area contributed by atoms with Crippen molar-refractivity contribution in [3.63, 3.8) is 0 Å². The van der Waals surface area contributed by atoms with Gasteiger partial charge >= 0.3 is 11.9 Å². The maximum Gasteiger partial charge on any atom is 0.339 e. The van der Waals surface area contributed by atoms with Gasteiger partial charge in [-0.1, -0.05) is 19.9 Å². The topological polar surface area (TPSA) is 127 Å². The van der Waals surface area contributed by atoms with Crippen LogP contribution in [0.5, 0.6) is 0 Å². The number of esters is 1. The SMILES string of the molecule is CC(C)(O)[C@@H]1CC(=O)[C@]2(C)[C@H](CC[C@]3(C)[C@@H](c4ccoc4)OC(=O)[C@H]4O[C@]432)[C@]1(C)C=CC(=O)O. The molecule has 2 N–H and O–H groups in total. The van der Waals surface area contributed by atoms with Crippen molar-refractivity contribution in [2.75, 3.05) is 0 Å². The minimum Gasteiger partial charge on any atom is -0.478 e. The Balaban J connectivity index is 1.69. The summed E-state index contributed by atoms with van der Waals surface area (Å²) in [7, 11) is 0. The molecule has 8 atom stereocenters. The number of furan rings is 1. The van der Waals surface area contributed by atoms with Crippen LogP contribution in [0.15, 0.2) is 35.2 Å². The second-order valence-corrected chi connectivity index (χ2v) is 11.7. The molecule has 2 aliphatic heterocycles. The number of epoxide rings is 1. The summed E-state index contributed by atoms with van der Waals surface area (Å²) in [5, 5.41) is 20.5. The summed E-state index contributed by atoms with van der Waals surface area (Å²) in [6, 6.07) is 1.76. The van der Waals surface area contributed by atoms with Crippen molar-refractivity contribution in [3.8, 4) is 0 Å². The number of aliphatic hydroxyl groups is 1. The zero-order chi connectivity index (χ0) is 24.9. The number of fused-ring (bicyclic) bond motifs is 1. The Morgan fingerprint density at radius 1 is 1.21 bits per heavy atom. The van der Waals surface area contributed by atoms with Crippen LogP contribution in [0.25, 0.3) is 0 Å². The second kappa shape index (κ2) is 6.82. The van der Waals surface area contributed by atoms with Crippen molar-refractivity contribution in [1.82, 2.24) is 0 Å². The Morgan fingerprint density at radius 3 is 2.50 bits per heavy atom. The van der Waals surface area contributed by atoms with Crippen LogP contribution in [0.3, 0.4) is 0 Å². The minimum absolute atomic E-state index is 0.0519. The molecule has 8 nitrogen and oxygen atoms in total. The molecule has 4 fully saturated rings. The number of carboxylic acid groups (broad SMARTS) is 1. The van der Waals surface area contributed by atoms with Crippen LogP contribution in [0.4, 0.5) is 0 Å². The molecule has 0 amide bonds. The van der Waals surface area contributed by atoms with Crippen molar-refractivity contribution in [3.05, 3.63) is 36.3 Å². The number of carbonyl (C=O) groups is 3. The van der Waals surface area contributed by atoms with E-state index in [-0.39, 0.29) is 18.1 Å². The first-order chi connectivity index (χ1) is 15.7. The van der Waals surface area contributed by atoms with Crippen LogP contribution < -0.4 is 0 Å². The zero-order valence-corrected chi connectivity index (χ0v) is 20.2. The van der Waals surface area contributed by atoms with Crippen molar-refractivity contribution in [1.29, 1.82) is 0 Å². The monoisotopic (exact) mass is 472 g/mol. The van der Waals surface area contributed by atoms with Gasteiger partial charge < -0.3 is 24.1 Å². The van der Waals surface area contributed by atoms with Gasteiger partial charge in [0, 0.05) is 29.4 Å². The van der Waals surface area contributed by atoms with Gasteiger partial charge in [0.15, 0.2) is 6.10 Å². The lowest BCUT2D eigenvalue weighted by atomic mass is 9.37. The lowest BCUT2D eigenvalue weighted by Crippen LogP contribution is -2.71. The van der Waals surface area contributed by atoms with Crippen molar-refractivity contribution >= 4 is 17.7 Å². The molecular weight excluding hydrogens is 440 g/mol. The molecule has 1 aromatic rings. The predicted octanol–water partition coefficient (Wildman–Crippen LogP) is 3.44. The van der Waals surface area contributed by atoms with Gasteiger partial charge in [-0.25, -0.2) is 9.59 Å². The summed E-state index contributed by atoms with van der Waals surface area (Å²) in [6.45, 7) is 9.13. The number of carboxylic acids is 1. The summed E-state index contributed by atoms with van der Waals surface area (Å²) in [6.07, 6.45) is 5.56. The normalized spacial score (nSPS) is 45.8. The van der Waals surface area contributed by atoms with E-state index in [4.69, 9.17) is 13.9 Å². The third-order valence-electron chi connectivity index (χ3n) is 9.67. The summed E-state index contributed by atoms with van der Waals surface area (Å²) >= 11 is 0. The third kappa shape index (κ3) is 2.64. The molecule has 1 spiro atoms. The average Bonchev–Trinajstić information content (AvgIpc) is 3.31. The van der Waals surface area contributed by atoms with Crippen LogP contribution in [-0.2, 0) is 23.9 Å². The summed E-state index contributed by atoms with van der Waals surface area (Å²) < 4.78 is 17.4. The lowest BCUT2D eigenvalue weighted by molar-refractivity contribution is -0.213.